The molecule has 0 saturated carbocycles. The molecule has 0 spiro atoms. The monoisotopic (exact) mass is 191 g/mol. The molecule has 5 heteroatoms. The van der Waals surface area contributed by atoms with Crippen molar-refractivity contribution in [1.82, 2.24) is 0 Å². The van der Waals surface area contributed by atoms with Gasteiger partial charge in [0, 0.05) is 14.2 Å². The Kier molecular flexibility index (Phi) is 9.93. The van der Waals surface area contributed by atoms with Crippen LogP contribution in [0.1, 0.15) is 13.3 Å². The van der Waals surface area contributed by atoms with Gasteiger partial charge in [0.2, 0.25) is 0 Å². The van der Waals surface area contributed by atoms with E-state index in [1.807, 2.05) is 0 Å². The van der Waals surface area contributed by atoms with E-state index >= 15 is 0 Å². The fourth-order valence-corrected chi connectivity index (χ4v) is 2.22. The molecule has 0 aromatic rings. The molecule has 0 fully saturated rings. The zero-order valence-corrected chi connectivity index (χ0v) is 9.13. The lowest BCUT2D eigenvalue weighted by molar-refractivity contribution is 0.249. The van der Waals surface area contributed by atoms with Gasteiger partial charge in [-0.05, 0) is 12.6 Å². The molecule has 4 nitrogen and oxygen atoms in total. The third-order valence-corrected chi connectivity index (χ3v) is 4.70. The maximum Gasteiger partial charge on any atom is 0.334 e. The minimum absolute atomic E-state index is 0.750. The molecule has 0 amide bonds. The zero-order valence-electron chi connectivity index (χ0n) is 8.13. The summed E-state index contributed by atoms with van der Waals surface area (Å²) < 4.78 is 10.5. The van der Waals surface area contributed by atoms with Crippen molar-refractivity contribution in [3.05, 3.63) is 0 Å². The van der Waals surface area contributed by atoms with E-state index in [2.05, 4.69) is 13.5 Å². The van der Waals surface area contributed by atoms with Crippen molar-refractivity contribution in [2.24, 2.45) is 0 Å². The van der Waals surface area contributed by atoms with E-state index in [4.69, 9.17) is 19.2 Å². The van der Waals surface area contributed by atoms with Crippen molar-refractivity contribution in [3.63, 3.8) is 0 Å². The van der Waals surface area contributed by atoms with E-state index in [9.17, 15) is 0 Å². The van der Waals surface area contributed by atoms with E-state index in [1.54, 1.807) is 14.2 Å². The van der Waals surface area contributed by atoms with Crippen molar-refractivity contribution >= 4 is 8.56 Å². The molecule has 0 aliphatic rings. The molecule has 0 aliphatic heterocycles. The van der Waals surface area contributed by atoms with Gasteiger partial charge in [-0.15, -0.1) is 0 Å². The summed E-state index contributed by atoms with van der Waals surface area (Å²) in [5.74, 6) is 0. The average Bonchev–Trinajstić information content (AvgIpc) is 2.06. The van der Waals surface area contributed by atoms with Crippen LogP contribution < -0.4 is 0 Å². The second-order valence-corrected chi connectivity index (χ2v) is 5.98. The first-order chi connectivity index (χ1) is 5.60. The van der Waals surface area contributed by atoms with Gasteiger partial charge >= 0.3 is 8.56 Å². The third kappa shape index (κ3) is 7.53. The van der Waals surface area contributed by atoms with Gasteiger partial charge in [-0.3, -0.25) is 0 Å². The van der Waals surface area contributed by atoms with Gasteiger partial charge in [-0.25, -0.2) is 0 Å². The molecule has 0 atom stereocenters. The molecule has 72 valence electrons. The summed E-state index contributed by atoms with van der Waals surface area (Å²) in [7, 11) is 1.76. The van der Waals surface area contributed by atoms with Crippen molar-refractivity contribution in [1.29, 1.82) is 5.26 Å². The highest BCUT2D eigenvalue weighted by molar-refractivity contribution is 6.65. The van der Waals surface area contributed by atoms with Crippen LogP contribution in [0.4, 0.5) is 0 Å². The quantitative estimate of drug-likeness (QED) is 0.541. The van der Waals surface area contributed by atoms with Crippen molar-refractivity contribution in [3.8, 4) is 6.26 Å². The number of nitriles is 1. The molecule has 0 saturated heterocycles. The fraction of sp³-hybridized carbons (Fsp3) is 0.857. The van der Waals surface area contributed by atoms with Crippen molar-refractivity contribution in [2.75, 3.05) is 14.2 Å². The average molecular weight is 191 g/mol. The van der Waals surface area contributed by atoms with Crippen LogP contribution in [0.3, 0.4) is 0 Å². The third-order valence-electron chi connectivity index (χ3n) is 1.57. The lowest BCUT2D eigenvalue weighted by Gasteiger charge is -2.21. The summed E-state index contributed by atoms with van der Waals surface area (Å²) in [4.78, 5) is 0. The first-order valence-corrected chi connectivity index (χ1v) is 6.26. The Hall–Kier alpha value is -0.573. The van der Waals surface area contributed by atoms with Crippen LogP contribution in [0.5, 0.6) is 0 Å². The summed E-state index contributed by atoms with van der Waals surface area (Å²) in [5.41, 5.74) is 0. The molecule has 12 heavy (non-hydrogen) atoms. The highest BCUT2D eigenvalue weighted by Crippen LogP contribution is 2.12. The Balaban J connectivity index is 0. The second kappa shape index (κ2) is 8.52. The van der Waals surface area contributed by atoms with Gasteiger partial charge in [-0.2, -0.15) is 5.26 Å². The van der Waals surface area contributed by atoms with Crippen molar-refractivity contribution in [2.45, 2.75) is 25.9 Å². The predicted molar refractivity (Wildman–Crippen MR) is 48.3 cm³/mol. The van der Waals surface area contributed by atoms with Gasteiger partial charge in [-0.1, -0.05) is 13.3 Å². The van der Waals surface area contributed by atoms with Gasteiger partial charge in [0.15, 0.2) is 0 Å². The van der Waals surface area contributed by atoms with Gasteiger partial charge in [0.05, 0.1) is 0 Å². The summed E-state index contributed by atoms with van der Waals surface area (Å²) in [6, 6.07) is 1.08. The minimum Gasteiger partial charge on any atom is -0.443 e. The highest BCUT2D eigenvalue weighted by atomic mass is 28.4. The first kappa shape index (κ1) is 14.0. The maximum atomic E-state index is 6.88. The van der Waals surface area contributed by atoms with Crippen LogP contribution in [-0.4, -0.2) is 27.9 Å². The molecule has 0 aromatic heterocycles. The number of hydrogen-bond donors (Lipinski definition) is 1. The van der Waals surface area contributed by atoms with Gasteiger partial charge in [0.25, 0.3) is 6.26 Å². The minimum atomic E-state index is -1.70. The zero-order chi connectivity index (χ0) is 10.0. The summed E-state index contributed by atoms with van der Waals surface area (Å²) in [6.07, 6.45) is 1.89. The van der Waals surface area contributed by atoms with Gasteiger partial charge < -0.3 is 14.0 Å². The Morgan fingerprint density at radius 2 is 1.75 bits per heavy atom. The van der Waals surface area contributed by atoms with Crippen molar-refractivity contribution < 1.29 is 14.0 Å². The van der Waals surface area contributed by atoms with Crippen LogP contribution >= 0.6 is 0 Å². The number of hydrogen-bond acceptors (Lipinski definition) is 4. The SMILES string of the molecule is CCC[Si](C)(OC)OC.N#CO. The molecule has 0 aliphatic carbocycles. The molecule has 0 unspecified atom stereocenters. The number of aliphatic hydroxyl groups excluding tert-OH is 1. The Morgan fingerprint density at radius 1 is 1.42 bits per heavy atom. The van der Waals surface area contributed by atoms with Crippen LogP contribution in [0.15, 0.2) is 0 Å². The standard InChI is InChI=1S/C6H16O2Si.CHNO/c1-5-6-9(4,7-2)8-3;2-1-3/h5-6H2,1-4H3;3H. The van der Waals surface area contributed by atoms with E-state index < -0.39 is 8.56 Å². The molecule has 0 heterocycles. The number of nitrogens with zero attached hydrogens (tertiary/aromatic N) is 1. The topological polar surface area (TPSA) is 62.5 Å². The summed E-state index contributed by atoms with van der Waals surface area (Å²) in [5, 5.41) is 13.8. The number of rotatable bonds is 4. The molecule has 0 radical (unpaired) electrons. The maximum absolute atomic E-state index is 6.88. The van der Waals surface area contributed by atoms with E-state index in [-0.39, 0.29) is 0 Å². The van der Waals surface area contributed by atoms with E-state index in [0.717, 1.165) is 18.7 Å². The molecular weight excluding hydrogens is 174 g/mol. The molecule has 0 aromatic carbocycles. The molecule has 0 rings (SSSR count). The summed E-state index contributed by atoms with van der Waals surface area (Å²) >= 11 is 0. The first-order valence-electron chi connectivity index (χ1n) is 3.73. The van der Waals surface area contributed by atoms with Crippen LogP contribution in [0.25, 0.3) is 0 Å². The highest BCUT2D eigenvalue weighted by Gasteiger charge is 2.26. The Bertz CT molecular complexity index is 131. The smallest absolute Gasteiger partial charge is 0.334 e. The summed E-state index contributed by atoms with van der Waals surface area (Å²) in [6.45, 7) is 4.22. The largest absolute Gasteiger partial charge is 0.443 e. The Labute approximate surface area is 75.0 Å². The molecule has 0 bridgehead atoms. The van der Waals surface area contributed by atoms with Crippen LogP contribution in [0.2, 0.25) is 12.6 Å². The van der Waals surface area contributed by atoms with Gasteiger partial charge in [0.1, 0.15) is 0 Å². The fourth-order valence-electron chi connectivity index (χ4n) is 0.742. The molecule has 1 N–H and O–H groups in total. The lowest BCUT2D eigenvalue weighted by atomic mass is 10.6. The second-order valence-electron chi connectivity index (χ2n) is 2.39. The Morgan fingerprint density at radius 3 is 1.83 bits per heavy atom. The normalized spacial score (nSPS) is 9.58. The lowest BCUT2D eigenvalue weighted by Crippen LogP contribution is -2.35. The van der Waals surface area contributed by atoms with Crippen LogP contribution in [0, 0.1) is 11.5 Å². The van der Waals surface area contributed by atoms with E-state index in [0.29, 0.717) is 0 Å². The molecular formula is C7H17NO3Si. The number of aliphatic hydroxyl groups is 1. The predicted octanol–water partition coefficient (Wildman–Crippen LogP) is 1.60. The van der Waals surface area contributed by atoms with E-state index in [1.165, 1.54) is 0 Å². The van der Waals surface area contributed by atoms with Crippen LogP contribution in [-0.2, 0) is 8.85 Å².